The highest BCUT2D eigenvalue weighted by atomic mass is 35.5. The van der Waals surface area contributed by atoms with Crippen LogP contribution in [0.4, 0.5) is 0 Å². The lowest BCUT2D eigenvalue weighted by Crippen LogP contribution is -2.54. The molecule has 0 radical (unpaired) electrons. The van der Waals surface area contributed by atoms with Crippen molar-refractivity contribution >= 4 is 36.0 Å². The molecule has 0 fully saturated rings. The molecule has 1 atom stereocenters. The minimum Gasteiger partial charge on any atom is -0.0845 e. The number of halogens is 1. The second-order valence-corrected chi connectivity index (χ2v) is 10.2. The van der Waals surface area contributed by atoms with E-state index >= 15 is 0 Å². The molecule has 3 aromatic carbocycles. The number of aryl methyl sites for hydroxylation is 4. The molecule has 26 heavy (non-hydrogen) atoms. The summed E-state index contributed by atoms with van der Waals surface area (Å²) >= 11 is 6.71. The zero-order valence-electron chi connectivity index (χ0n) is 16.1. The van der Waals surface area contributed by atoms with Crippen molar-refractivity contribution in [2.24, 2.45) is 0 Å². The summed E-state index contributed by atoms with van der Waals surface area (Å²) in [6, 6.07) is 22.3. The van der Waals surface area contributed by atoms with Gasteiger partial charge in [-0.25, -0.2) is 0 Å². The van der Waals surface area contributed by atoms with E-state index in [1.165, 1.54) is 37.8 Å². The van der Waals surface area contributed by atoms with Gasteiger partial charge in [0, 0.05) is 5.02 Å². The minimum absolute atomic E-state index is 0.895. The van der Waals surface area contributed by atoms with Crippen LogP contribution in [0, 0.1) is 13.8 Å². The summed E-state index contributed by atoms with van der Waals surface area (Å²) < 4.78 is 0. The third-order valence-corrected chi connectivity index (χ3v) is 9.41. The topological polar surface area (TPSA) is 0 Å². The molecule has 2 heteroatoms. The number of hydrogen-bond donors (Lipinski definition) is 0. The standard InChI is InChI=1S/C24H27ClSi/c1-5-19-14-20(6-2)16-21(15-19)26(23-13-8-7-12-22(23)25)24-17(3)10-9-11-18(24)4/h7-16,26H,5-6H2,1-4H3. The van der Waals surface area contributed by atoms with Crippen LogP contribution in [0.25, 0.3) is 0 Å². The van der Waals surface area contributed by atoms with E-state index in [4.69, 9.17) is 11.6 Å². The molecule has 0 aromatic heterocycles. The fraction of sp³-hybridized carbons (Fsp3) is 0.250. The van der Waals surface area contributed by atoms with Crippen molar-refractivity contribution in [3.05, 3.63) is 87.9 Å². The van der Waals surface area contributed by atoms with E-state index in [9.17, 15) is 0 Å². The lowest BCUT2D eigenvalue weighted by Gasteiger charge is -2.23. The van der Waals surface area contributed by atoms with Gasteiger partial charge in [0.1, 0.15) is 8.80 Å². The van der Waals surface area contributed by atoms with E-state index < -0.39 is 8.80 Å². The average Bonchev–Trinajstić information content (AvgIpc) is 2.65. The molecule has 0 N–H and O–H groups in total. The Morgan fingerprint density at radius 3 is 1.88 bits per heavy atom. The van der Waals surface area contributed by atoms with Gasteiger partial charge in [0.05, 0.1) is 0 Å². The van der Waals surface area contributed by atoms with Gasteiger partial charge in [-0.1, -0.05) is 96.4 Å². The number of hydrogen-bond acceptors (Lipinski definition) is 0. The molecule has 0 aliphatic rings. The first-order valence-electron chi connectivity index (χ1n) is 9.48. The van der Waals surface area contributed by atoms with E-state index in [1.807, 2.05) is 12.1 Å². The highest BCUT2D eigenvalue weighted by molar-refractivity contribution is 6.97. The van der Waals surface area contributed by atoms with Crippen molar-refractivity contribution in [1.82, 2.24) is 0 Å². The number of rotatable bonds is 5. The summed E-state index contributed by atoms with van der Waals surface area (Å²) in [5.41, 5.74) is 5.60. The van der Waals surface area contributed by atoms with Crippen LogP contribution in [0.2, 0.25) is 5.02 Å². The van der Waals surface area contributed by atoms with Crippen LogP contribution >= 0.6 is 11.6 Å². The minimum atomic E-state index is -1.64. The largest absolute Gasteiger partial charge is 0.135 e. The Labute approximate surface area is 164 Å². The monoisotopic (exact) mass is 378 g/mol. The van der Waals surface area contributed by atoms with Gasteiger partial charge in [-0.05, 0) is 54.3 Å². The smallest absolute Gasteiger partial charge is 0.0845 e. The summed E-state index contributed by atoms with van der Waals surface area (Å²) in [6.07, 6.45) is 2.13. The zero-order chi connectivity index (χ0) is 18.7. The Morgan fingerprint density at radius 1 is 0.769 bits per heavy atom. The van der Waals surface area contributed by atoms with E-state index in [2.05, 4.69) is 76.2 Å². The maximum atomic E-state index is 6.71. The molecule has 0 nitrogen and oxygen atoms in total. The van der Waals surface area contributed by atoms with Crippen molar-refractivity contribution in [3.8, 4) is 0 Å². The predicted molar refractivity (Wildman–Crippen MR) is 119 cm³/mol. The molecule has 0 aliphatic carbocycles. The molecule has 0 bridgehead atoms. The van der Waals surface area contributed by atoms with Crippen molar-refractivity contribution in [2.75, 3.05) is 0 Å². The Hall–Kier alpha value is -1.83. The molecule has 0 aliphatic heterocycles. The Bertz CT molecular complexity index is 871. The number of benzene rings is 3. The molecule has 0 amide bonds. The third-order valence-electron chi connectivity index (χ3n) is 5.27. The van der Waals surface area contributed by atoms with Gasteiger partial charge in [-0.2, -0.15) is 0 Å². The first-order chi connectivity index (χ1) is 12.5. The SMILES string of the molecule is CCc1cc(CC)cc([SiH](c2ccccc2Cl)c2c(C)cccc2C)c1. The van der Waals surface area contributed by atoms with Crippen LogP contribution < -0.4 is 15.6 Å². The molecular weight excluding hydrogens is 352 g/mol. The summed E-state index contributed by atoms with van der Waals surface area (Å²) in [5.74, 6) is 0. The van der Waals surface area contributed by atoms with E-state index in [0.29, 0.717) is 0 Å². The van der Waals surface area contributed by atoms with E-state index in [0.717, 1.165) is 17.9 Å². The maximum Gasteiger partial charge on any atom is 0.135 e. The summed E-state index contributed by atoms with van der Waals surface area (Å²) in [6.45, 7) is 8.96. The lowest BCUT2D eigenvalue weighted by atomic mass is 10.1. The summed E-state index contributed by atoms with van der Waals surface area (Å²) in [4.78, 5) is 0. The van der Waals surface area contributed by atoms with Gasteiger partial charge >= 0.3 is 0 Å². The van der Waals surface area contributed by atoms with Crippen LogP contribution in [0.3, 0.4) is 0 Å². The van der Waals surface area contributed by atoms with Crippen molar-refractivity contribution in [1.29, 1.82) is 0 Å². The van der Waals surface area contributed by atoms with Crippen molar-refractivity contribution in [3.63, 3.8) is 0 Å². The quantitative estimate of drug-likeness (QED) is 0.458. The molecule has 0 heterocycles. The second-order valence-electron chi connectivity index (χ2n) is 7.05. The molecule has 1 unspecified atom stereocenters. The van der Waals surface area contributed by atoms with E-state index in [-0.39, 0.29) is 0 Å². The van der Waals surface area contributed by atoms with Gasteiger partial charge in [0.25, 0.3) is 0 Å². The highest BCUT2D eigenvalue weighted by Crippen LogP contribution is 2.12. The van der Waals surface area contributed by atoms with Gasteiger partial charge < -0.3 is 0 Å². The van der Waals surface area contributed by atoms with Gasteiger partial charge in [0.2, 0.25) is 0 Å². The first-order valence-corrected chi connectivity index (χ1v) is 11.6. The summed E-state index contributed by atoms with van der Waals surface area (Å²) in [7, 11) is -1.64. The fourth-order valence-corrected chi connectivity index (χ4v) is 7.87. The maximum absolute atomic E-state index is 6.71. The highest BCUT2D eigenvalue weighted by Gasteiger charge is 2.25. The van der Waals surface area contributed by atoms with Gasteiger partial charge in [-0.3, -0.25) is 0 Å². The predicted octanol–water partition coefficient (Wildman–Crippen LogP) is 4.33. The average molecular weight is 379 g/mol. The molecule has 0 saturated carbocycles. The molecule has 0 saturated heterocycles. The molecular formula is C24H27ClSi. The molecule has 0 spiro atoms. The third kappa shape index (κ3) is 3.79. The van der Waals surface area contributed by atoms with Crippen molar-refractivity contribution in [2.45, 2.75) is 40.5 Å². The Morgan fingerprint density at radius 2 is 1.35 bits per heavy atom. The van der Waals surface area contributed by atoms with Crippen molar-refractivity contribution < 1.29 is 0 Å². The second kappa shape index (κ2) is 8.24. The van der Waals surface area contributed by atoms with Crippen LogP contribution in [0.1, 0.15) is 36.1 Å². The van der Waals surface area contributed by atoms with Crippen LogP contribution in [-0.4, -0.2) is 8.80 Å². The molecule has 134 valence electrons. The Kier molecular flexibility index (Phi) is 6.00. The molecule has 3 aromatic rings. The normalized spacial score (nSPS) is 12.2. The van der Waals surface area contributed by atoms with Gasteiger partial charge in [-0.15, -0.1) is 0 Å². The first kappa shape index (κ1) is 18.9. The molecule has 3 rings (SSSR count). The van der Waals surface area contributed by atoms with Gasteiger partial charge in [0.15, 0.2) is 0 Å². The van der Waals surface area contributed by atoms with E-state index in [1.54, 1.807) is 0 Å². The Balaban J connectivity index is 2.31. The lowest BCUT2D eigenvalue weighted by molar-refractivity contribution is 1.09. The van der Waals surface area contributed by atoms with Crippen LogP contribution in [0.5, 0.6) is 0 Å². The fourth-order valence-electron chi connectivity index (χ4n) is 3.86. The van der Waals surface area contributed by atoms with Crippen LogP contribution in [0.15, 0.2) is 60.7 Å². The zero-order valence-corrected chi connectivity index (χ0v) is 18.1. The summed E-state index contributed by atoms with van der Waals surface area (Å²) in [5, 5.41) is 5.20. The van der Waals surface area contributed by atoms with Crippen LogP contribution in [-0.2, 0) is 12.8 Å².